The van der Waals surface area contributed by atoms with E-state index in [-0.39, 0.29) is 5.91 Å². The second kappa shape index (κ2) is 6.44. The van der Waals surface area contributed by atoms with E-state index >= 15 is 0 Å². The lowest BCUT2D eigenvalue weighted by Gasteiger charge is -2.15. The molecule has 2 aromatic rings. The Bertz CT molecular complexity index is 578. The highest BCUT2D eigenvalue weighted by Crippen LogP contribution is 2.16. The molecule has 0 saturated carbocycles. The third kappa shape index (κ3) is 4.00. The number of amides is 1. The summed E-state index contributed by atoms with van der Waals surface area (Å²) in [6.45, 7) is 3.71. The SMILES string of the molecule is Cc1ccc(OC(C)C(=O)Nc2ccc(Cl)cc2)cc1. The van der Waals surface area contributed by atoms with Crippen molar-refractivity contribution in [1.29, 1.82) is 0 Å². The van der Waals surface area contributed by atoms with Gasteiger partial charge in [0.15, 0.2) is 6.10 Å². The van der Waals surface area contributed by atoms with Gasteiger partial charge in [-0.3, -0.25) is 4.79 Å². The Morgan fingerprint density at radius 2 is 1.70 bits per heavy atom. The number of carbonyl (C=O) groups excluding carboxylic acids is 1. The molecule has 0 fully saturated rings. The van der Waals surface area contributed by atoms with Gasteiger partial charge in [0, 0.05) is 10.7 Å². The van der Waals surface area contributed by atoms with E-state index in [2.05, 4.69) is 5.32 Å². The normalized spacial score (nSPS) is 11.8. The Balaban J connectivity index is 1.94. The predicted molar refractivity (Wildman–Crippen MR) is 81.4 cm³/mol. The van der Waals surface area contributed by atoms with Gasteiger partial charge in [0.25, 0.3) is 5.91 Å². The van der Waals surface area contributed by atoms with Crippen molar-refractivity contribution in [2.24, 2.45) is 0 Å². The fourth-order valence-corrected chi connectivity index (χ4v) is 1.78. The first-order chi connectivity index (χ1) is 9.54. The number of benzene rings is 2. The molecule has 0 radical (unpaired) electrons. The van der Waals surface area contributed by atoms with Gasteiger partial charge in [-0.1, -0.05) is 29.3 Å². The number of nitrogens with one attached hydrogen (secondary N) is 1. The molecule has 3 nitrogen and oxygen atoms in total. The maximum Gasteiger partial charge on any atom is 0.265 e. The first kappa shape index (κ1) is 14.4. The van der Waals surface area contributed by atoms with Crippen LogP contribution in [0.2, 0.25) is 5.02 Å². The molecule has 0 saturated heterocycles. The zero-order valence-corrected chi connectivity index (χ0v) is 12.1. The van der Waals surface area contributed by atoms with E-state index in [0.717, 1.165) is 5.56 Å². The van der Waals surface area contributed by atoms with E-state index < -0.39 is 6.10 Å². The number of carbonyl (C=O) groups is 1. The van der Waals surface area contributed by atoms with Crippen molar-refractivity contribution in [3.8, 4) is 5.75 Å². The topological polar surface area (TPSA) is 38.3 Å². The van der Waals surface area contributed by atoms with Gasteiger partial charge in [-0.25, -0.2) is 0 Å². The zero-order valence-electron chi connectivity index (χ0n) is 11.4. The fraction of sp³-hybridized carbons (Fsp3) is 0.188. The monoisotopic (exact) mass is 289 g/mol. The number of hydrogen-bond acceptors (Lipinski definition) is 2. The van der Waals surface area contributed by atoms with Crippen molar-refractivity contribution in [1.82, 2.24) is 0 Å². The standard InChI is InChI=1S/C16H16ClNO2/c1-11-3-9-15(10-4-11)20-12(2)16(19)18-14-7-5-13(17)6-8-14/h3-10,12H,1-2H3,(H,18,19). The van der Waals surface area contributed by atoms with Crippen LogP contribution in [0.15, 0.2) is 48.5 Å². The van der Waals surface area contributed by atoms with E-state index in [0.29, 0.717) is 16.5 Å². The van der Waals surface area contributed by atoms with E-state index in [4.69, 9.17) is 16.3 Å². The van der Waals surface area contributed by atoms with Crippen LogP contribution in [0.5, 0.6) is 5.75 Å². The molecule has 0 aliphatic rings. The number of aryl methyl sites for hydroxylation is 1. The summed E-state index contributed by atoms with van der Waals surface area (Å²) in [6.07, 6.45) is -0.576. The molecule has 104 valence electrons. The summed E-state index contributed by atoms with van der Waals surface area (Å²) in [5, 5.41) is 3.41. The molecule has 0 aliphatic carbocycles. The van der Waals surface area contributed by atoms with Crippen LogP contribution in [0.4, 0.5) is 5.69 Å². The van der Waals surface area contributed by atoms with Crippen LogP contribution in [-0.2, 0) is 4.79 Å². The minimum atomic E-state index is -0.576. The molecule has 0 aromatic heterocycles. The van der Waals surface area contributed by atoms with Crippen LogP contribution >= 0.6 is 11.6 Å². The Labute approximate surface area is 123 Å². The van der Waals surface area contributed by atoms with Gasteiger partial charge in [0.2, 0.25) is 0 Å². The Morgan fingerprint density at radius 1 is 1.10 bits per heavy atom. The van der Waals surface area contributed by atoms with Crippen molar-refractivity contribution in [2.75, 3.05) is 5.32 Å². The molecule has 0 aliphatic heterocycles. The number of ether oxygens (including phenoxy) is 1. The van der Waals surface area contributed by atoms with Gasteiger partial charge >= 0.3 is 0 Å². The van der Waals surface area contributed by atoms with Gasteiger partial charge in [0.05, 0.1) is 0 Å². The third-order valence-corrected chi connectivity index (χ3v) is 3.07. The van der Waals surface area contributed by atoms with Gasteiger partial charge in [-0.05, 0) is 50.2 Å². The predicted octanol–water partition coefficient (Wildman–Crippen LogP) is 4.05. The summed E-state index contributed by atoms with van der Waals surface area (Å²) >= 11 is 5.79. The smallest absolute Gasteiger partial charge is 0.265 e. The highest BCUT2D eigenvalue weighted by atomic mass is 35.5. The van der Waals surface area contributed by atoms with Crippen molar-refractivity contribution in [2.45, 2.75) is 20.0 Å². The lowest BCUT2D eigenvalue weighted by molar-refractivity contribution is -0.122. The van der Waals surface area contributed by atoms with E-state index in [1.807, 2.05) is 31.2 Å². The summed E-state index contributed by atoms with van der Waals surface area (Å²) < 4.78 is 5.59. The minimum Gasteiger partial charge on any atom is -0.481 e. The number of rotatable bonds is 4. The molecule has 1 amide bonds. The van der Waals surface area contributed by atoms with Crippen molar-refractivity contribution >= 4 is 23.2 Å². The molecule has 0 spiro atoms. The molecule has 20 heavy (non-hydrogen) atoms. The van der Waals surface area contributed by atoms with Crippen LogP contribution in [-0.4, -0.2) is 12.0 Å². The van der Waals surface area contributed by atoms with Gasteiger partial charge in [-0.2, -0.15) is 0 Å². The van der Waals surface area contributed by atoms with Crippen LogP contribution in [0, 0.1) is 6.92 Å². The van der Waals surface area contributed by atoms with Crippen LogP contribution in [0.25, 0.3) is 0 Å². The van der Waals surface area contributed by atoms with E-state index in [9.17, 15) is 4.79 Å². The largest absolute Gasteiger partial charge is 0.481 e. The average Bonchev–Trinajstić information content (AvgIpc) is 2.44. The Hall–Kier alpha value is -2.00. The molecule has 1 N–H and O–H groups in total. The van der Waals surface area contributed by atoms with E-state index in [1.165, 1.54) is 0 Å². The number of anilines is 1. The molecule has 0 heterocycles. The molecule has 2 aromatic carbocycles. The summed E-state index contributed by atoms with van der Waals surface area (Å²) in [5.74, 6) is 0.474. The van der Waals surface area contributed by atoms with Gasteiger partial charge < -0.3 is 10.1 Å². The zero-order chi connectivity index (χ0) is 14.5. The number of halogens is 1. The summed E-state index contributed by atoms with van der Waals surface area (Å²) in [4.78, 5) is 12.0. The Morgan fingerprint density at radius 3 is 2.30 bits per heavy atom. The van der Waals surface area contributed by atoms with E-state index in [1.54, 1.807) is 31.2 Å². The molecule has 1 atom stereocenters. The second-order valence-corrected chi connectivity index (χ2v) is 5.01. The molecule has 0 bridgehead atoms. The van der Waals surface area contributed by atoms with Crippen molar-refractivity contribution in [3.63, 3.8) is 0 Å². The van der Waals surface area contributed by atoms with Gasteiger partial charge in [-0.15, -0.1) is 0 Å². The summed E-state index contributed by atoms with van der Waals surface area (Å²) in [5.41, 5.74) is 1.84. The maximum absolute atomic E-state index is 12.0. The van der Waals surface area contributed by atoms with Crippen molar-refractivity contribution < 1.29 is 9.53 Å². The molecular weight excluding hydrogens is 274 g/mol. The lowest BCUT2D eigenvalue weighted by Crippen LogP contribution is -2.30. The van der Waals surface area contributed by atoms with Crippen molar-refractivity contribution in [3.05, 3.63) is 59.1 Å². The third-order valence-electron chi connectivity index (χ3n) is 2.81. The van der Waals surface area contributed by atoms with Gasteiger partial charge in [0.1, 0.15) is 5.75 Å². The first-order valence-corrected chi connectivity index (χ1v) is 6.72. The Kier molecular flexibility index (Phi) is 4.64. The highest BCUT2D eigenvalue weighted by Gasteiger charge is 2.14. The number of hydrogen-bond donors (Lipinski definition) is 1. The summed E-state index contributed by atoms with van der Waals surface area (Å²) in [7, 11) is 0. The molecule has 1 unspecified atom stereocenters. The maximum atomic E-state index is 12.0. The van der Waals surface area contributed by atoms with Crippen LogP contribution in [0.3, 0.4) is 0 Å². The molecule has 4 heteroatoms. The first-order valence-electron chi connectivity index (χ1n) is 6.34. The molecule has 2 rings (SSSR count). The quantitative estimate of drug-likeness (QED) is 0.922. The van der Waals surface area contributed by atoms with Crippen LogP contribution < -0.4 is 10.1 Å². The molecular formula is C16H16ClNO2. The lowest BCUT2D eigenvalue weighted by atomic mass is 10.2. The highest BCUT2D eigenvalue weighted by molar-refractivity contribution is 6.30. The fourth-order valence-electron chi connectivity index (χ4n) is 1.65. The minimum absolute atomic E-state index is 0.201. The average molecular weight is 290 g/mol. The second-order valence-electron chi connectivity index (χ2n) is 4.57. The van der Waals surface area contributed by atoms with Crippen LogP contribution in [0.1, 0.15) is 12.5 Å². The summed E-state index contributed by atoms with van der Waals surface area (Å²) in [6, 6.07) is 14.5.